The van der Waals surface area contributed by atoms with Crippen molar-refractivity contribution >= 4 is 33.3 Å². The van der Waals surface area contributed by atoms with Gasteiger partial charge in [0.1, 0.15) is 11.6 Å². The number of methoxy groups -OCH3 is 1. The second-order valence-corrected chi connectivity index (χ2v) is 6.57. The third-order valence-electron chi connectivity index (χ3n) is 3.37. The molecule has 0 saturated carbocycles. The van der Waals surface area contributed by atoms with Crippen LogP contribution in [0.2, 0.25) is 0 Å². The van der Waals surface area contributed by atoms with Gasteiger partial charge < -0.3 is 10.1 Å². The van der Waals surface area contributed by atoms with E-state index >= 15 is 0 Å². The Kier molecular flexibility index (Phi) is 4.04. The van der Waals surface area contributed by atoms with Crippen molar-refractivity contribution in [2.45, 2.75) is 20.8 Å². The topological polar surface area (TPSA) is 69.0 Å². The zero-order valence-electron chi connectivity index (χ0n) is 13.5. The largest absolute Gasteiger partial charge is 0.497 e. The Hall–Kier alpha value is -2.41. The monoisotopic (exact) mass is 330 g/mol. The van der Waals surface area contributed by atoms with Gasteiger partial charge in [0.15, 0.2) is 0 Å². The van der Waals surface area contributed by atoms with Crippen LogP contribution in [0.25, 0.3) is 15.3 Å². The molecule has 0 atom stereocenters. The summed E-state index contributed by atoms with van der Waals surface area (Å²) >= 11 is 1.52. The van der Waals surface area contributed by atoms with Gasteiger partial charge in [-0.3, -0.25) is 4.79 Å². The summed E-state index contributed by atoms with van der Waals surface area (Å²) in [4.78, 5) is 16.6. The summed E-state index contributed by atoms with van der Waals surface area (Å²) in [6.07, 6.45) is 0. The van der Waals surface area contributed by atoms with Gasteiger partial charge in [-0.15, -0.1) is 0 Å². The number of carbonyl (C=O) groups excluding carboxylic acids is 1. The Labute approximate surface area is 138 Å². The van der Waals surface area contributed by atoms with Gasteiger partial charge in [0.2, 0.25) is 11.0 Å². The lowest BCUT2D eigenvalue weighted by atomic mass is 10.2. The molecule has 0 aliphatic carbocycles. The summed E-state index contributed by atoms with van der Waals surface area (Å²) in [5, 5.41) is 8.06. The molecule has 1 aromatic carbocycles. The van der Waals surface area contributed by atoms with Gasteiger partial charge in [-0.25, -0.2) is 4.98 Å². The van der Waals surface area contributed by atoms with Crippen LogP contribution < -0.4 is 10.1 Å². The van der Waals surface area contributed by atoms with Crippen molar-refractivity contribution in [3.63, 3.8) is 0 Å². The van der Waals surface area contributed by atoms with E-state index in [-0.39, 0.29) is 11.8 Å². The number of benzene rings is 1. The van der Waals surface area contributed by atoms with Gasteiger partial charge in [0, 0.05) is 18.1 Å². The number of aromatic nitrogens is 3. The maximum atomic E-state index is 12.0. The number of fused-ring (bicyclic) bond motifs is 1. The van der Waals surface area contributed by atoms with E-state index in [9.17, 15) is 4.79 Å². The fourth-order valence-corrected chi connectivity index (χ4v) is 3.03. The van der Waals surface area contributed by atoms with Crippen molar-refractivity contribution in [2.24, 2.45) is 5.92 Å². The Bertz CT molecular complexity index is 866. The molecule has 0 aliphatic heterocycles. The number of aryl methyl sites for hydroxylation is 1. The molecule has 0 aliphatic rings. The lowest BCUT2D eigenvalue weighted by molar-refractivity contribution is -0.118. The van der Waals surface area contributed by atoms with Crippen LogP contribution in [0, 0.1) is 12.8 Å². The Balaban J connectivity index is 2.02. The van der Waals surface area contributed by atoms with E-state index < -0.39 is 0 Å². The lowest BCUT2D eigenvalue weighted by Gasteiger charge is -2.08. The van der Waals surface area contributed by atoms with Gasteiger partial charge >= 0.3 is 0 Å². The molecule has 6 nitrogen and oxygen atoms in total. The van der Waals surface area contributed by atoms with Gasteiger partial charge in [-0.2, -0.15) is 9.78 Å². The molecule has 1 N–H and O–H groups in total. The molecule has 2 aromatic heterocycles. The molecule has 7 heteroatoms. The van der Waals surface area contributed by atoms with Gasteiger partial charge in [-0.05, 0) is 19.1 Å². The molecule has 0 saturated heterocycles. The number of thiazole rings is 1. The summed E-state index contributed by atoms with van der Waals surface area (Å²) in [5.74, 6) is 1.25. The summed E-state index contributed by atoms with van der Waals surface area (Å²) in [6.45, 7) is 5.59. The minimum Gasteiger partial charge on any atom is -0.497 e. The first-order chi connectivity index (χ1) is 11.0. The predicted molar refractivity (Wildman–Crippen MR) is 91.5 cm³/mol. The number of anilines is 1. The highest BCUT2D eigenvalue weighted by molar-refractivity contribution is 7.20. The van der Waals surface area contributed by atoms with E-state index in [1.54, 1.807) is 11.8 Å². The number of amides is 1. The van der Waals surface area contributed by atoms with Crippen LogP contribution in [0.15, 0.2) is 24.3 Å². The fraction of sp³-hybridized carbons (Fsp3) is 0.312. The number of nitrogens with zero attached hydrogens (tertiary/aromatic N) is 3. The molecule has 0 bridgehead atoms. The molecule has 120 valence electrons. The van der Waals surface area contributed by atoms with Crippen LogP contribution in [0.3, 0.4) is 0 Å². The predicted octanol–water partition coefficient (Wildman–Crippen LogP) is 3.39. The number of hydrogen-bond acceptors (Lipinski definition) is 5. The van der Waals surface area contributed by atoms with Crippen LogP contribution in [0.1, 0.15) is 19.5 Å². The molecule has 23 heavy (non-hydrogen) atoms. The van der Waals surface area contributed by atoms with E-state index in [1.165, 1.54) is 11.3 Å². The highest BCUT2D eigenvalue weighted by Crippen LogP contribution is 2.29. The molecule has 3 aromatic rings. The quantitative estimate of drug-likeness (QED) is 0.796. The van der Waals surface area contributed by atoms with Crippen LogP contribution >= 0.6 is 11.3 Å². The van der Waals surface area contributed by atoms with Crippen LogP contribution in [0.5, 0.6) is 5.75 Å². The summed E-state index contributed by atoms with van der Waals surface area (Å²) in [7, 11) is 1.63. The average molecular weight is 330 g/mol. The highest BCUT2D eigenvalue weighted by Gasteiger charge is 2.16. The molecule has 1 amide bonds. The van der Waals surface area contributed by atoms with E-state index in [0.29, 0.717) is 10.9 Å². The van der Waals surface area contributed by atoms with E-state index in [2.05, 4.69) is 15.4 Å². The van der Waals surface area contributed by atoms with Crippen molar-refractivity contribution in [3.8, 4) is 10.9 Å². The molecular formula is C16H18N4O2S. The standard InChI is InChI=1S/C16H18N4O2S/c1-9(2)15(21)18-14-7-10(3)19-20(14)16-17-12-8-11(22-4)5-6-13(12)23-16/h5-9H,1-4H3,(H,18,21). The SMILES string of the molecule is COc1ccc2sc(-n3nc(C)cc3NC(=O)C(C)C)nc2c1. The number of nitrogens with one attached hydrogen (secondary N) is 1. The average Bonchev–Trinajstić information content (AvgIpc) is 3.09. The van der Waals surface area contributed by atoms with Crippen molar-refractivity contribution in [2.75, 3.05) is 12.4 Å². The maximum Gasteiger partial charge on any atom is 0.228 e. The van der Waals surface area contributed by atoms with Crippen molar-refractivity contribution in [1.29, 1.82) is 0 Å². The first kappa shape index (κ1) is 15.5. The normalized spacial score (nSPS) is 11.2. The zero-order chi connectivity index (χ0) is 16.6. The molecule has 2 heterocycles. The third kappa shape index (κ3) is 3.05. The first-order valence-corrected chi connectivity index (χ1v) is 8.12. The van der Waals surface area contributed by atoms with Gasteiger partial charge in [0.25, 0.3) is 0 Å². The van der Waals surface area contributed by atoms with Crippen LogP contribution in [0.4, 0.5) is 5.82 Å². The lowest BCUT2D eigenvalue weighted by Crippen LogP contribution is -2.19. The number of rotatable bonds is 4. The smallest absolute Gasteiger partial charge is 0.228 e. The highest BCUT2D eigenvalue weighted by atomic mass is 32.1. The Morgan fingerprint density at radius 1 is 1.35 bits per heavy atom. The van der Waals surface area contributed by atoms with Crippen LogP contribution in [-0.4, -0.2) is 27.8 Å². The second kappa shape index (κ2) is 6.00. The number of ether oxygens (including phenoxy) is 1. The van der Waals surface area contributed by atoms with Crippen molar-refractivity contribution in [3.05, 3.63) is 30.0 Å². The zero-order valence-corrected chi connectivity index (χ0v) is 14.3. The third-order valence-corrected chi connectivity index (χ3v) is 4.38. The van der Waals surface area contributed by atoms with E-state index in [1.807, 2.05) is 45.0 Å². The van der Waals surface area contributed by atoms with Crippen molar-refractivity contribution in [1.82, 2.24) is 14.8 Å². The van der Waals surface area contributed by atoms with E-state index in [0.717, 1.165) is 21.7 Å². The summed E-state index contributed by atoms with van der Waals surface area (Å²) in [6, 6.07) is 7.60. The summed E-state index contributed by atoms with van der Waals surface area (Å²) < 4.78 is 7.94. The molecule has 0 unspecified atom stereocenters. The minimum absolute atomic E-state index is 0.0473. The van der Waals surface area contributed by atoms with E-state index in [4.69, 9.17) is 4.74 Å². The number of hydrogen-bond donors (Lipinski definition) is 1. The van der Waals surface area contributed by atoms with Gasteiger partial charge in [-0.1, -0.05) is 25.2 Å². The summed E-state index contributed by atoms with van der Waals surface area (Å²) in [5.41, 5.74) is 1.67. The Morgan fingerprint density at radius 2 is 2.13 bits per heavy atom. The second-order valence-electron chi connectivity index (χ2n) is 5.56. The molecule has 0 spiro atoms. The number of carbonyl (C=O) groups is 1. The minimum atomic E-state index is -0.0988. The van der Waals surface area contributed by atoms with Crippen LogP contribution in [-0.2, 0) is 4.79 Å². The van der Waals surface area contributed by atoms with Gasteiger partial charge in [0.05, 0.1) is 23.0 Å². The first-order valence-electron chi connectivity index (χ1n) is 7.30. The molecule has 0 radical (unpaired) electrons. The molecular weight excluding hydrogens is 312 g/mol. The van der Waals surface area contributed by atoms with Crippen molar-refractivity contribution < 1.29 is 9.53 Å². The molecule has 3 rings (SSSR count). The maximum absolute atomic E-state index is 12.0. The Morgan fingerprint density at radius 3 is 2.83 bits per heavy atom. The fourth-order valence-electron chi connectivity index (χ4n) is 2.12. The molecule has 0 fully saturated rings.